The molecule has 1 fully saturated rings. The van der Waals surface area contributed by atoms with Crippen molar-refractivity contribution in [1.82, 2.24) is 20.9 Å². The van der Waals surface area contributed by atoms with E-state index in [-0.39, 0.29) is 5.91 Å². The first-order valence-electron chi connectivity index (χ1n) is 10.1. The number of carbonyl (C=O) groups excluding carboxylic acids is 1. The van der Waals surface area contributed by atoms with Crippen molar-refractivity contribution in [2.24, 2.45) is 4.99 Å². The minimum Gasteiger partial charge on any atom is -0.356 e. The van der Waals surface area contributed by atoms with Crippen LogP contribution in [-0.2, 0) is 11.2 Å². The number of rotatable bonds is 8. The van der Waals surface area contributed by atoms with E-state index in [1.807, 2.05) is 7.05 Å². The van der Waals surface area contributed by atoms with Crippen molar-refractivity contribution in [1.29, 1.82) is 0 Å². The third-order valence-corrected chi connectivity index (χ3v) is 4.92. The van der Waals surface area contributed by atoms with Gasteiger partial charge in [0.1, 0.15) is 0 Å². The third kappa shape index (κ3) is 7.99. The molecule has 1 heterocycles. The van der Waals surface area contributed by atoms with E-state index in [0.29, 0.717) is 12.6 Å². The molecule has 27 heavy (non-hydrogen) atoms. The fraction of sp³-hybridized carbons (Fsp3) is 0.619. The Bertz CT molecular complexity index is 591. The maximum Gasteiger partial charge on any atom is 0.234 e. The molecular weight excluding hydrogens is 338 g/mol. The van der Waals surface area contributed by atoms with Crippen LogP contribution < -0.4 is 16.0 Å². The van der Waals surface area contributed by atoms with E-state index in [9.17, 15) is 4.79 Å². The van der Waals surface area contributed by atoms with Gasteiger partial charge < -0.3 is 16.0 Å². The molecular formula is C21H35N5O. The summed E-state index contributed by atoms with van der Waals surface area (Å²) in [5.41, 5.74) is 2.62. The highest BCUT2D eigenvalue weighted by atomic mass is 16.2. The minimum absolute atomic E-state index is 0.136. The smallest absolute Gasteiger partial charge is 0.234 e. The molecule has 0 bridgehead atoms. The van der Waals surface area contributed by atoms with Crippen LogP contribution in [-0.4, -0.2) is 62.6 Å². The molecule has 1 aliphatic heterocycles. The van der Waals surface area contributed by atoms with E-state index in [1.54, 1.807) is 0 Å². The summed E-state index contributed by atoms with van der Waals surface area (Å²) in [6, 6.07) is 9.07. The van der Waals surface area contributed by atoms with Gasteiger partial charge in [0, 0.05) is 39.3 Å². The molecule has 0 aliphatic carbocycles. The van der Waals surface area contributed by atoms with Gasteiger partial charge in [0.15, 0.2) is 5.96 Å². The first kappa shape index (κ1) is 21.2. The first-order chi connectivity index (χ1) is 13.1. The maximum absolute atomic E-state index is 11.8. The number of aliphatic imine (C=N–C) groups is 1. The van der Waals surface area contributed by atoms with Crippen LogP contribution in [0.15, 0.2) is 29.3 Å². The first-order valence-corrected chi connectivity index (χ1v) is 10.1. The number of amides is 1. The number of nitrogens with one attached hydrogen (secondary N) is 3. The van der Waals surface area contributed by atoms with Crippen LogP contribution >= 0.6 is 0 Å². The SMILES string of the molecule is CCCNC(=O)CN1CCC(NC(=NC)NCCc2ccc(C)cc2)CC1. The summed E-state index contributed by atoms with van der Waals surface area (Å²) in [6.45, 7) is 8.20. The number of aryl methyl sites for hydroxylation is 1. The van der Waals surface area contributed by atoms with Crippen molar-refractivity contribution in [3.63, 3.8) is 0 Å². The average molecular weight is 374 g/mol. The highest BCUT2D eigenvalue weighted by molar-refractivity contribution is 5.80. The molecule has 1 aromatic rings. The lowest BCUT2D eigenvalue weighted by Gasteiger charge is -2.32. The minimum atomic E-state index is 0.136. The van der Waals surface area contributed by atoms with Gasteiger partial charge in [0.2, 0.25) is 5.91 Å². The normalized spacial score (nSPS) is 16.2. The summed E-state index contributed by atoms with van der Waals surface area (Å²) in [7, 11) is 1.81. The van der Waals surface area contributed by atoms with Gasteiger partial charge in [0.05, 0.1) is 6.54 Å². The van der Waals surface area contributed by atoms with Gasteiger partial charge >= 0.3 is 0 Å². The Morgan fingerprint density at radius 2 is 1.85 bits per heavy atom. The van der Waals surface area contributed by atoms with Crippen molar-refractivity contribution < 1.29 is 4.79 Å². The van der Waals surface area contributed by atoms with E-state index < -0.39 is 0 Å². The number of guanidine groups is 1. The zero-order valence-corrected chi connectivity index (χ0v) is 17.1. The predicted molar refractivity (Wildman–Crippen MR) is 112 cm³/mol. The number of likely N-dealkylation sites (tertiary alicyclic amines) is 1. The van der Waals surface area contributed by atoms with Crippen LogP contribution in [0.5, 0.6) is 0 Å². The lowest BCUT2D eigenvalue weighted by atomic mass is 10.1. The Kier molecular flexibility index (Phi) is 9.11. The third-order valence-electron chi connectivity index (χ3n) is 4.92. The second-order valence-electron chi connectivity index (χ2n) is 7.28. The molecule has 0 saturated carbocycles. The number of nitrogens with zero attached hydrogens (tertiary/aromatic N) is 2. The molecule has 1 saturated heterocycles. The molecule has 6 nitrogen and oxygen atoms in total. The fourth-order valence-corrected chi connectivity index (χ4v) is 3.23. The molecule has 150 valence electrons. The van der Waals surface area contributed by atoms with Crippen LogP contribution in [0.3, 0.4) is 0 Å². The summed E-state index contributed by atoms with van der Waals surface area (Å²) in [5.74, 6) is 0.998. The Morgan fingerprint density at radius 3 is 2.48 bits per heavy atom. The molecule has 1 amide bonds. The van der Waals surface area contributed by atoms with Crippen LogP contribution in [0.4, 0.5) is 0 Å². The lowest BCUT2D eigenvalue weighted by molar-refractivity contribution is -0.122. The molecule has 6 heteroatoms. The van der Waals surface area contributed by atoms with Gasteiger partial charge in [-0.25, -0.2) is 0 Å². The van der Waals surface area contributed by atoms with E-state index in [4.69, 9.17) is 0 Å². The summed E-state index contributed by atoms with van der Waals surface area (Å²) in [4.78, 5) is 18.4. The van der Waals surface area contributed by atoms with Crippen molar-refractivity contribution in [2.75, 3.05) is 39.8 Å². The quantitative estimate of drug-likeness (QED) is 0.479. The largest absolute Gasteiger partial charge is 0.356 e. The van der Waals surface area contributed by atoms with Crippen LogP contribution in [0.25, 0.3) is 0 Å². The van der Waals surface area contributed by atoms with Gasteiger partial charge in [-0.3, -0.25) is 14.7 Å². The monoisotopic (exact) mass is 373 g/mol. The fourth-order valence-electron chi connectivity index (χ4n) is 3.23. The Labute approximate surface area is 163 Å². The number of benzene rings is 1. The van der Waals surface area contributed by atoms with E-state index >= 15 is 0 Å². The summed E-state index contributed by atoms with van der Waals surface area (Å²) in [6.07, 6.45) is 4.01. The second kappa shape index (κ2) is 11.6. The van der Waals surface area contributed by atoms with Gasteiger partial charge in [-0.2, -0.15) is 0 Å². The van der Waals surface area contributed by atoms with Gasteiger partial charge in [0.25, 0.3) is 0 Å². The molecule has 3 N–H and O–H groups in total. The predicted octanol–water partition coefficient (Wildman–Crippen LogP) is 1.69. The molecule has 0 radical (unpaired) electrons. The Hall–Kier alpha value is -2.08. The van der Waals surface area contributed by atoms with E-state index in [0.717, 1.165) is 57.8 Å². The maximum atomic E-state index is 11.8. The zero-order chi connectivity index (χ0) is 19.5. The molecule has 0 spiro atoms. The van der Waals surface area contributed by atoms with E-state index in [2.05, 4.69) is 64.0 Å². The molecule has 0 atom stereocenters. The van der Waals surface area contributed by atoms with Gasteiger partial charge in [-0.05, 0) is 38.2 Å². The molecule has 0 aromatic heterocycles. The summed E-state index contributed by atoms with van der Waals surface area (Å²) >= 11 is 0. The number of hydrogen-bond donors (Lipinski definition) is 3. The van der Waals surface area contributed by atoms with Crippen molar-refractivity contribution in [3.05, 3.63) is 35.4 Å². The number of carbonyl (C=O) groups is 1. The van der Waals surface area contributed by atoms with Crippen LogP contribution in [0, 0.1) is 6.92 Å². The standard InChI is InChI=1S/C21H35N5O/c1-4-12-23-20(27)16-26-14-10-19(11-15-26)25-21(22-3)24-13-9-18-7-5-17(2)6-8-18/h5-8,19H,4,9-16H2,1-3H3,(H,23,27)(H2,22,24,25). The van der Waals surface area contributed by atoms with E-state index in [1.165, 1.54) is 11.1 Å². The van der Waals surface area contributed by atoms with Crippen LogP contribution in [0.1, 0.15) is 37.3 Å². The topological polar surface area (TPSA) is 68.8 Å². The average Bonchev–Trinajstić information content (AvgIpc) is 2.68. The Balaban J connectivity index is 1.65. The van der Waals surface area contributed by atoms with Crippen molar-refractivity contribution in [3.8, 4) is 0 Å². The zero-order valence-electron chi connectivity index (χ0n) is 17.1. The molecule has 1 aliphatic rings. The van der Waals surface area contributed by atoms with Crippen LogP contribution in [0.2, 0.25) is 0 Å². The summed E-state index contributed by atoms with van der Waals surface area (Å²) in [5, 5.41) is 9.87. The van der Waals surface area contributed by atoms with Crippen molar-refractivity contribution in [2.45, 2.75) is 45.6 Å². The van der Waals surface area contributed by atoms with Gasteiger partial charge in [-0.15, -0.1) is 0 Å². The molecule has 1 aromatic carbocycles. The van der Waals surface area contributed by atoms with Gasteiger partial charge in [-0.1, -0.05) is 36.8 Å². The molecule has 0 unspecified atom stereocenters. The highest BCUT2D eigenvalue weighted by Crippen LogP contribution is 2.10. The summed E-state index contributed by atoms with van der Waals surface area (Å²) < 4.78 is 0. The highest BCUT2D eigenvalue weighted by Gasteiger charge is 2.21. The molecule has 2 rings (SSSR count). The second-order valence-corrected chi connectivity index (χ2v) is 7.28. The Morgan fingerprint density at radius 1 is 1.15 bits per heavy atom. The number of hydrogen-bond acceptors (Lipinski definition) is 3. The lowest BCUT2D eigenvalue weighted by Crippen LogP contribution is -2.50. The van der Waals surface area contributed by atoms with Crippen molar-refractivity contribution >= 4 is 11.9 Å². The number of piperidine rings is 1.